The lowest BCUT2D eigenvalue weighted by atomic mass is 10.1. The number of halogens is 1. The van der Waals surface area contributed by atoms with Gasteiger partial charge in [0.25, 0.3) is 10.0 Å². The van der Waals surface area contributed by atoms with Crippen LogP contribution < -0.4 is 10.5 Å². The summed E-state index contributed by atoms with van der Waals surface area (Å²) < 4.78 is 28.3. The minimum atomic E-state index is -3.61. The molecule has 2 rings (SSSR count). The lowest BCUT2D eigenvalue weighted by Gasteiger charge is -2.11. The predicted octanol–water partition coefficient (Wildman–Crippen LogP) is 3.33. The smallest absolute Gasteiger partial charge is 0.261 e. The van der Waals surface area contributed by atoms with E-state index in [1.165, 1.54) is 0 Å². The summed E-state index contributed by atoms with van der Waals surface area (Å²) in [6.45, 7) is 4.12. The molecule has 0 unspecified atom stereocenters. The Morgan fingerprint density at radius 3 is 2.43 bits per heavy atom. The highest BCUT2D eigenvalue weighted by molar-refractivity contribution is 9.10. The lowest BCUT2D eigenvalue weighted by Crippen LogP contribution is -2.14. The molecule has 0 heterocycles. The second-order valence-electron chi connectivity index (χ2n) is 4.86. The van der Waals surface area contributed by atoms with Crippen LogP contribution in [0.25, 0.3) is 0 Å². The summed E-state index contributed by atoms with van der Waals surface area (Å²) in [7, 11) is -3.61. The van der Waals surface area contributed by atoms with Gasteiger partial charge < -0.3 is 5.73 Å². The summed E-state index contributed by atoms with van der Waals surface area (Å²) >= 11 is 3.39. The van der Waals surface area contributed by atoms with Crippen molar-refractivity contribution in [3.05, 3.63) is 57.6 Å². The SMILES string of the molecule is Cc1cc(NS(=O)(=O)c2ccc(C)c(CN)c2)ccc1Br. The van der Waals surface area contributed by atoms with Gasteiger partial charge in [0.2, 0.25) is 0 Å². The number of anilines is 1. The minimum Gasteiger partial charge on any atom is -0.326 e. The molecule has 0 fully saturated rings. The first kappa shape index (κ1) is 16.0. The van der Waals surface area contributed by atoms with Crippen LogP contribution in [0.15, 0.2) is 45.8 Å². The second kappa shape index (κ2) is 6.17. The van der Waals surface area contributed by atoms with Gasteiger partial charge >= 0.3 is 0 Å². The van der Waals surface area contributed by atoms with E-state index < -0.39 is 10.0 Å². The average Bonchev–Trinajstić information content (AvgIpc) is 2.43. The van der Waals surface area contributed by atoms with E-state index in [1.807, 2.05) is 19.9 Å². The zero-order valence-corrected chi connectivity index (χ0v) is 14.3. The van der Waals surface area contributed by atoms with Crippen molar-refractivity contribution in [1.82, 2.24) is 0 Å². The maximum atomic E-state index is 12.4. The Hall–Kier alpha value is -1.37. The predicted molar refractivity (Wildman–Crippen MR) is 88.8 cm³/mol. The monoisotopic (exact) mass is 368 g/mol. The Balaban J connectivity index is 2.35. The van der Waals surface area contributed by atoms with Crippen LogP contribution in [0.2, 0.25) is 0 Å². The number of sulfonamides is 1. The van der Waals surface area contributed by atoms with Crippen LogP contribution in [0.5, 0.6) is 0 Å². The van der Waals surface area contributed by atoms with Crippen molar-refractivity contribution in [3.8, 4) is 0 Å². The summed E-state index contributed by atoms with van der Waals surface area (Å²) in [5.74, 6) is 0. The van der Waals surface area contributed by atoms with Gasteiger partial charge in [-0.2, -0.15) is 0 Å². The zero-order chi connectivity index (χ0) is 15.6. The molecule has 6 heteroatoms. The second-order valence-corrected chi connectivity index (χ2v) is 7.40. The first-order valence-corrected chi connectivity index (χ1v) is 8.69. The van der Waals surface area contributed by atoms with E-state index in [2.05, 4.69) is 20.7 Å². The van der Waals surface area contributed by atoms with Crippen LogP contribution in [0.1, 0.15) is 16.7 Å². The van der Waals surface area contributed by atoms with E-state index in [0.717, 1.165) is 21.2 Å². The summed E-state index contributed by atoms with van der Waals surface area (Å²) in [5, 5.41) is 0. The molecule has 0 saturated carbocycles. The fourth-order valence-electron chi connectivity index (χ4n) is 1.96. The molecule has 0 aliphatic heterocycles. The minimum absolute atomic E-state index is 0.217. The van der Waals surface area contributed by atoms with E-state index in [4.69, 9.17) is 5.73 Å². The Morgan fingerprint density at radius 2 is 1.81 bits per heavy atom. The van der Waals surface area contributed by atoms with Crippen molar-refractivity contribution in [3.63, 3.8) is 0 Å². The summed E-state index contributed by atoms with van der Waals surface area (Å²) in [6.07, 6.45) is 0. The van der Waals surface area contributed by atoms with Crippen molar-refractivity contribution < 1.29 is 8.42 Å². The molecule has 0 spiro atoms. The average molecular weight is 369 g/mol. The topological polar surface area (TPSA) is 72.2 Å². The van der Waals surface area contributed by atoms with Crippen LogP contribution in [0.4, 0.5) is 5.69 Å². The number of aryl methyl sites for hydroxylation is 2. The van der Waals surface area contributed by atoms with Gasteiger partial charge in [0.15, 0.2) is 0 Å². The van der Waals surface area contributed by atoms with Crippen molar-refractivity contribution >= 4 is 31.6 Å². The van der Waals surface area contributed by atoms with Crippen molar-refractivity contribution in [2.75, 3.05) is 4.72 Å². The molecule has 4 nitrogen and oxygen atoms in total. The number of hydrogen-bond donors (Lipinski definition) is 2. The number of nitrogens with two attached hydrogens (primary N) is 1. The lowest BCUT2D eigenvalue weighted by molar-refractivity contribution is 0.601. The molecular weight excluding hydrogens is 352 g/mol. The van der Waals surface area contributed by atoms with Crippen LogP contribution in [0.3, 0.4) is 0 Å². The fourth-order valence-corrected chi connectivity index (χ4v) is 3.30. The van der Waals surface area contributed by atoms with Gasteiger partial charge in [-0.05, 0) is 60.9 Å². The van der Waals surface area contributed by atoms with Crippen LogP contribution in [-0.2, 0) is 16.6 Å². The van der Waals surface area contributed by atoms with Gasteiger partial charge in [-0.1, -0.05) is 22.0 Å². The third-order valence-electron chi connectivity index (χ3n) is 3.26. The van der Waals surface area contributed by atoms with Gasteiger partial charge in [-0.3, -0.25) is 4.72 Å². The summed E-state index contributed by atoms with van der Waals surface area (Å²) in [6, 6.07) is 10.3. The van der Waals surface area contributed by atoms with E-state index in [-0.39, 0.29) is 4.90 Å². The third-order valence-corrected chi connectivity index (χ3v) is 5.53. The molecule has 0 amide bonds. The van der Waals surface area contributed by atoms with Crippen LogP contribution in [-0.4, -0.2) is 8.42 Å². The number of hydrogen-bond acceptors (Lipinski definition) is 3. The normalized spacial score (nSPS) is 11.4. The number of rotatable bonds is 4. The molecule has 21 heavy (non-hydrogen) atoms. The highest BCUT2D eigenvalue weighted by Crippen LogP contribution is 2.23. The molecule has 112 valence electrons. The highest BCUT2D eigenvalue weighted by Gasteiger charge is 2.15. The first-order valence-electron chi connectivity index (χ1n) is 6.42. The Labute approximate surface area is 133 Å². The van der Waals surface area contributed by atoms with Gasteiger partial charge in [0, 0.05) is 16.7 Å². The molecule has 3 N–H and O–H groups in total. The number of nitrogens with one attached hydrogen (secondary N) is 1. The molecule has 0 saturated heterocycles. The van der Waals surface area contributed by atoms with Crippen molar-refractivity contribution in [2.24, 2.45) is 5.73 Å². The number of benzene rings is 2. The standard InChI is InChI=1S/C15H17BrN2O2S/c1-10-3-5-14(8-12(10)9-17)21(19,20)18-13-4-6-15(16)11(2)7-13/h3-8,18H,9,17H2,1-2H3. The highest BCUT2D eigenvalue weighted by atomic mass is 79.9. The molecular formula is C15H17BrN2O2S. The van der Waals surface area contributed by atoms with Gasteiger partial charge in [-0.25, -0.2) is 8.42 Å². The molecule has 0 bridgehead atoms. The van der Waals surface area contributed by atoms with Crippen LogP contribution >= 0.6 is 15.9 Å². The Kier molecular flexibility index (Phi) is 4.70. The van der Waals surface area contributed by atoms with Gasteiger partial charge in [0.1, 0.15) is 0 Å². The van der Waals surface area contributed by atoms with E-state index in [0.29, 0.717) is 12.2 Å². The zero-order valence-electron chi connectivity index (χ0n) is 11.9. The Bertz CT molecular complexity index is 773. The first-order chi connectivity index (χ1) is 9.83. The summed E-state index contributed by atoms with van der Waals surface area (Å²) in [5.41, 5.74) is 8.93. The largest absolute Gasteiger partial charge is 0.326 e. The third kappa shape index (κ3) is 3.64. The maximum absolute atomic E-state index is 12.4. The van der Waals surface area contributed by atoms with Crippen LogP contribution in [0, 0.1) is 13.8 Å². The van der Waals surface area contributed by atoms with Crippen molar-refractivity contribution in [1.29, 1.82) is 0 Å². The molecule has 2 aromatic carbocycles. The van der Waals surface area contributed by atoms with E-state index in [9.17, 15) is 8.42 Å². The van der Waals surface area contributed by atoms with Gasteiger partial charge in [0.05, 0.1) is 4.90 Å². The molecule has 0 aliphatic rings. The fraction of sp³-hybridized carbons (Fsp3) is 0.200. The molecule has 0 radical (unpaired) electrons. The van der Waals surface area contributed by atoms with Crippen molar-refractivity contribution in [2.45, 2.75) is 25.3 Å². The summed E-state index contributed by atoms with van der Waals surface area (Å²) in [4.78, 5) is 0.217. The molecule has 0 aromatic heterocycles. The molecule has 2 aromatic rings. The maximum Gasteiger partial charge on any atom is 0.261 e. The van der Waals surface area contributed by atoms with Gasteiger partial charge in [-0.15, -0.1) is 0 Å². The molecule has 0 aliphatic carbocycles. The van der Waals surface area contributed by atoms with E-state index in [1.54, 1.807) is 30.3 Å². The quantitative estimate of drug-likeness (QED) is 0.869. The Morgan fingerprint density at radius 1 is 1.10 bits per heavy atom. The van der Waals surface area contributed by atoms with E-state index >= 15 is 0 Å². The molecule has 0 atom stereocenters.